The van der Waals surface area contributed by atoms with Crippen LogP contribution >= 0.6 is 0 Å². The Hall–Kier alpha value is -3.62. The highest BCUT2D eigenvalue weighted by Crippen LogP contribution is 2.22. The Morgan fingerprint density at radius 1 is 1.20 bits per heavy atom. The Bertz CT molecular complexity index is 1080. The largest absolute Gasteiger partial charge is 0.368 e. The molecule has 9 heteroatoms. The Kier molecular flexibility index (Phi) is 6.20. The first-order chi connectivity index (χ1) is 14.3. The third kappa shape index (κ3) is 4.68. The molecule has 3 rings (SSSR count). The van der Waals surface area contributed by atoms with Gasteiger partial charge in [-0.15, -0.1) is 0 Å². The van der Waals surface area contributed by atoms with Gasteiger partial charge in [-0.25, -0.2) is 8.78 Å². The predicted octanol–water partition coefficient (Wildman–Crippen LogP) is 2.94. The first-order valence-corrected chi connectivity index (χ1v) is 9.16. The molecule has 3 aromatic rings. The van der Waals surface area contributed by atoms with E-state index in [1.165, 1.54) is 31.3 Å². The molecule has 1 heterocycles. The fourth-order valence-electron chi connectivity index (χ4n) is 3.00. The number of halogens is 2. The minimum Gasteiger partial charge on any atom is -0.368 e. The lowest BCUT2D eigenvalue weighted by atomic mass is 10.0. The molecule has 2 N–H and O–H groups in total. The highest BCUT2D eigenvalue weighted by atomic mass is 19.1. The van der Waals surface area contributed by atoms with Crippen LogP contribution in [-0.2, 0) is 16.0 Å². The first-order valence-electron chi connectivity index (χ1n) is 9.16. The van der Waals surface area contributed by atoms with E-state index in [1.54, 1.807) is 19.1 Å². The van der Waals surface area contributed by atoms with Crippen molar-refractivity contribution in [2.24, 2.45) is 5.73 Å². The standard InChI is InChI=1S/C21H20F2N4O3/c1-12-6-7-14(11-16(12)23)21-25-17(30-26-21)8-9-18(28)27(2)19(20(24)29)13-4-3-5-15(22)10-13/h3-7,10-11,19H,8-9H2,1-2H3,(H2,24,29). The van der Waals surface area contributed by atoms with Crippen LogP contribution in [0.1, 0.15) is 29.5 Å². The molecule has 2 aromatic carbocycles. The number of nitrogens with two attached hydrogens (primary N) is 1. The van der Waals surface area contributed by atoms with Crippen molar-refractivity contribution < 1.29 is 22.9 Å². The van der Waals surface area contributed by atoms with Gasteiger partial charge in [0.1, 0.15) is 17.7 Å². The number of nitrogens with zero attached hydrogens (tertiary/aromatic N) is 3. The molecule has 0 saturated carbocycles. The Balaban J connectivity index is 1.68. The summed E-state index contributed by atoms with van der Waals surface area (Å²) in [6, 6.07) is 8.82. The summed E-state index contributed by atoms with van der Waals surface area (Å²) in [5.41, 5.74) is 6.66. The summed E-state index contributed by atoms with van der Waals surface area (Å²) in [5.74, 6) is -1.72. The van der Waals surface area contributed by atoms with Gasteiger partial charge < -0.3 is 15.2 Å². The number of carbonyl (C=O) groups excluding carboxylic acids is 2. The van der Waals surface area contributed by atoms with Gasteiger partial charge in [-0.3, -0.25) is 9.59 Å². The second-order valence-electron chi connectivity index (χ2n) is 6.84. The predicted molar refractivity (Wildman–Crippen MR) is 104 cm³/mol. The molecule has 2 amide bonds. The van der Waals surface area contributed by atoms with E-state index in [0.29, 0.717) is 11.1 Å². The summed E-state index contributed by atoms with van der Waals surface area (Å²) >= 11 is 0. The van der Waals surface area contributed by atoms with Crippen LogP contribution in [0.3, 0.4) is 0 Å². The summed E-state index contributed by atoms with van der Waals surface area (Å²) in [6.07, 6.45) is 0.0681. The summed E-state index contributed by atoms with van der Waals surface area (Å²) in [5, 5.41) is 3.81. The van der Waals surface area contributed by atoms with Gasteiger partial charge in [0.15, 0.2) is 0 Å². The fraction of sp³-hybridized carbons (Fsp3) is 0.238. The van der Waals surface area contributed by atoms with E-state index in [4.69, 9.17) is 10.3 Å². The van der Waals surface area contributed by atoms with Crippen molar-refractivity contribution in [3.05, 3.63) is 71.1 Å². The van der Waals surface area contributed by atoms with E-state index in [0.717, 1.165) is 11.0 Å². The lowest BCUT2D eigenvalue weighted by molar-refractivity contribution is -0.138. The molecule has 0 saturated heterocycles. The number of carbonyl (C=O) groups is 2. The van der Waals surface area contributed by atoms with Gasteiger partial charge in [0.25, 0.3) is 0 Å². The number of hydrogen-bond donors (Lipinski definition) is 1. The van der Waals surface area contributed by atoms with Gasteiger partial charge in [-0.05, 0) is 36.2 Å². The van der Waals surface area contributed by atoms with Crippen LogP contribution in [0.4, 0.5) is 8.78 Å². The SMILES string of the molecule is Cc1ccc(-c2noc(CCC(=O)N(C)C(C(N)=O)c3cccc(F)c3)n2)cc1F. The lowest BCUT2D eigenvalue weighted by Gasteiger charge is -2.26. The quantitative estimate of drug-likeness (QED) is 0.640. The minimum absolute atomic E-state index is 0.0422. The molecular formula is C21H20F2N4O3. The van der Waals surface area contributed by atoms with Crippen LogP contribution in [0.5, 0.6) is 0 Å². The molecule has 0 radical (unpaired) electrons. The number of aryl methyl sites for hydroxylation is 2. The maximum atomic E-state index is 13.7. The van der Waals surface area contributed by atoms with E-state index in [9.17, 15) is 18.4 Å². The molecule has 1 atom stereocenters. The van der Waals surface area contributed by atoms with Crippen LogP contribution in [0.25, 0.3) is 11.4 Å². The van der Waals surface area contributed by atoms with E-state index >= 15 is 0 Å². The molecule has 1 aromatic heterocycles. The molecule has 156 valence electrons. The average Bonchev–Trinajstić information content (AvgIpc) is 3.17. The van der Waals surface area contributed by atoms with Crippen LogP contribution in [0.2, 0.25) is 0 Å². The molecule has 0 aliphatic carbocycles. The van der Waals surface area contributed by atoms with E-state index in [-0.39, 0.29) is 35.9 Å². The molecule has 1 unspecified atom stereocenters. The van der Waals surface area contributed by atoms with Crippen molar-refractivity contribution in [3.63, 3.8) is 0 Å². The van der Waals surface area contributed by atoms with Gasteiger partial charge in [-0.1, -0.05) is 29.4 Å². The highest BCUT2D eigenvalue weighted by molar-refractivity contribution is 5.87. The van der Waals surface area contributed by atoms with E-state index in [2.05, 4.69) is 10.1 Å². The van der Waals surface area contributed by atoms with Crippen molar-refractivity contribution >= 4 is 11.8 Å². The number of amides is 2. The van der Waals surface area contributed by atoms with Crippen molar-refractivity contribution in [2.75, 3.05) is 7.05 Å². The maximum absolute atomic E-state index is 13.7. The minimum atomic E-state index is -1.11. The Morgan fingerprint density at radius 2 is 1.97 bits per heavy atom. The molecule has 0 spiro atoms. The third-order valence-electron chi connectivity index (χ3n) is 4.67. The van der Waals surface area contributed by atoms with Gasteiger partial charge in [0, 0.05) is 25.5 Å². The number of primary amides is 1. The molecule has 0 aliphatic heterocycles. The van der Waals surface area contributed by atoms with Crippen LogP contribution in [-0.4, -0.2) is 33.9 Å². The average molecular weight is 414 g/mol. The summed E-state index contributed by atoms with van der Waals surface area (Å²) < 4.78 is 32.4. The number of rotatable bonds is 7. The van der Waals surface area contributed by atoms with Crippen molar-refractivity contribution in [3.8, 4) is 11.4 Å². The molecule has 0 aliphatic rings. The second-order valence-corrected chi connectivity index (χ2v) is 6.84. The monoisotopic (exact) mass is 414 g/mol. The van der Waals surface area contributed by atoms with Crippen LogP contribution < -0.4 is 5.73 Å². The maximum Gasteiger partial charge on any atom is 0.244 e. The molecule has 7 nitrogen and oxygen atoms in total. The Labute approximate surface area is 171 Å². The van der Waals surface area contributed by atoms with Crippen molar-refractivity contribution in [1.82, 2.24) is 15.0 Å². The zero-order chi connectivity index (χ0) is 21.8. The number of hydrogen-bond acceptors (Lipinski definition) is 5. The topological polar surface area (TPSA) is 102 Å². The van der Waals surface area contributed by atoms with E-state index < -0.39 is 23.7 Å². The summed E-state index contributed by atoms with van der Waals surface area (Å²) in [4.78, 5) is 29.8. The van der Waals surface area contributed by atoms with Gasteiger partial charge in [0.2, 0.25) is 23.5 Å². The lowest BCUT2D eigenvalue weighted by Crippen LogP contribution is -2.39. The summed E-state index contributed by atoms with van der Waals surface area (Å²) in [7, 11) is 1.41. The molecule has 30 heavy (non-hydrogen) atoms. The van der Waals surface area contributed by atoms with Gasteiger partial charge in [0.05, 0.1) is 0 Å². The van der Waals surface area contributed by atoms with Gasteiger partial charge in [-0.2, -0.15) is 4.98 Å². The number of benzene rings is 2. The smallest absolute Gasteiger partial charge is 0.244 e. The number of aromatic nitrogens is 2. The molecular weight excluding hydrogens is 394 g/mol. The molecule has 0 bridgehead atoms. The van der Waals surface area contributed by atoms with Crippen molar-refractivity contribution in [2.45, 2.75) is 25.8 Å². The first kappa shape index (κ1) is 21.1. The highest BCUT2D eigenvalue weighted by Gasteiger charge is 2.27. The molecule has 0 fully saturated rings. The van der Waals surface area contributed by atoms with E-state index in [1.807, 2.05) is 0 Å². The fourth-order valence-corrected chi connectivity index (χ4v) is 3.00. The summed E-state index contributed by atoms with van der Waals surface area (Å²) in [6.45, 7) is 1.64. The van der Waals surface area contributed by atoms with Crippen molar-refractivity contribution in [1.29, 1.82) is 0 Å². The Morgan fingerprint density at radius 3 is 2.63 bits per heavy atom. The number of likely N-dealkylation sites (N-methyl/N-ethyl adjacent to an activating group) is 1. The second kappa shape index (κ2) is 8.81. The zero-order valence-electron chi connectivity index (χ0n) is 16.4. The third-order valence-corrected chi connectivity index (χ3v) is 4.67. The van der Waals surface area contributed by atoms with Gasteiger partial charge >= 0.3 is 0 Å². The zero-order valence-corrected chi connectivity index (χ0v) is 16.4. The normalized spacial score (nSPS) is 11.9. The van der Waals surface area contributed by atoms with Crippen LogP contribution in [0, 0.1) is 18.6 Å². The van der Waals surface area contributed by atoms with Crippen LogP contribution in [0.15, 0.2) is 47.0 Å².